The van der Waals surface area contributed by atoms with Crippen LogP contribution >= 0.6 is 0 Å². The molecule has 2 N–H and O–H groups in total. The monoisotopic (exact) mass is 194 g/mol. The van der Waals surface area contributed by atoms with Crippen molar-refractivity contribution in [1.29, 1.82) is 0 Å². The molecule has 4 nitrogen and oxygen atoms in total. The fourth-order valence-electron chi connectivity index (χ4n) is 1.94. The Bertz CT molecular complexity index is 294. The van der Waals surface area contributed by atoms with Crippen molar-refractivity contribution >= 4 is 5.69 Å². The highest BCUT2D eigenvalue weighted by atomic mass is 15.3. The van der Waals surface area contributed by atoms with E-state index in [1.54, 1.807) is 0 Å². The molecule has 0 radical (unpaired) electrons. The van der Waals surface area contributed by atoms with Crippen LogP contribution in [0.3, 0.4) is 0 Å². The van der Waals surface area contributed by atoms with Gasteiger partial charge in [0.15, 0.2) is 0 Å². The summed E-state index contributed by atoms with van der Waals surface area (Å²) in [5, 5.41) is 11.1. The zero-order valence-electron chi connectivity index (χ0n) is 8.83. The van der Waals surface area contributed by atoms with Crippen LogP contribution in [0.5, 0.6) is 0 Å². The zero-order chi connectivity index (χ0) is 9.97. The summed E-state index contributed by atoms with van der Waals surface area (Å²) in [6.07, 6.45) is 5.10. The normalized spacial score (nSPS) is 27.6. The second-order valence-corrected chi connectivity index (χ2v) is 4.12. The molecule has 1 aromatic rings. The van der Waals surface area contributed by atoms with Crippen LogP contribution in [0, 0.1) is 5.92 Å². The Balaban J connectivity index is 1.95. The van der Waals surface area contributed by atoms with Crippen LogP contribution in [-0.4, -0.2) is 28.9 Å². The first-order valence-electron chi connectivity index (χ1n) is 5.21. The van der Waals surface area contributed by atoms with Crippen molar-refractivity contribution in [1.82, 2.24) is 15.1 Å². The molecule has 1 aliphatic rings. The Morgan fingerprint density at radius 3 is 3.14 bits per heavy atom. The Morgan fingerprint density at radius 2 is 2.50 bits per heavy atom. The number of piperidine rings is 1. The van der Waals surface area contributed by atoms with Gasteiger partial charge in [-0.2, -0.15) is 5.10 Å². The largest absolute Gasteiger partial charge is 0.379 e. The molecule has 1 fully saturated rings. The number of nitrogens with zero attached hydrogens (tertiary/aromatic N) is 2. The smallest absolute Gasteiger partial charge is 0.0728 e. The van der Waals surface area contributed by atoms with E-state index in [0.717, 1.165) is 18.8 Å². The van der Waals surface area contributed by atoms with E-state index < -0.39 is 0 Å². The average Bonchev–Trinajstić information content (AvgIpc) is 2.56. The Labute approximate surface area is 84.7 Å². The van der Waals surface area contributed by atoms with Crippen molar-refractivity contribution in [2.75, 3.05) is 18.4 Å². The summed E-state index contributed by atoms with van der Waals surface area (Å²) in [4.78, 5) is 0. The van der Waals surface area contributed by atoms with Gasteiger partial charge in [-0.1, -0.05) is 6.92 Å². The van der Waals surface area contributed by atoms with Crippen LogP contribution in [-0.2, 0) is 7.05 Å². The third kappa shape index (κ3) is 2.07. The van der Waals surface area contributed by atoms with Gasteiger partial charge in [0.1, 0.15) is 0 Å². The van der Waals surface area contributed by atoms with Crippen molar-refractivity contribution in [2.24, 2.45) is 13.0 Å². The SMILES string of the molecule is CC1CNCCC1Nc1cnn(C)c1. The minimum atomic E-state index is 0.584. The molecule has 1 saturated heterocycles. The Kier molecular flexibility index (Phi) is 2.72. The van der Waals surface area contributed by atoms with Crippen LogP contribution in [0.25, 0.3) is 0 Å². The highest BCUT2D eigenvalue weighted by Crippen LogP contribution is 2.16. The maximum atomic E-state index is 4.15. The topological polar surface area (TPSA) is 41.9 Å². The summed E-state index contributed by atoms with van der Waals surface area (Å²) in [6, 6.07) is 0.584. The summed E-state index contributed by atoms with van der Waals surface area (Å²) in [7, 11) is 1.94. The highest BCUT2D eigenvalue weighted by Gasteiger charge is 2.20. The molecule has 0 amide bonds. The van der Waals surface area contributed by atoms with E-state index in [2.05, 4.69) is 22.7 Å². The van der Waals surface area contributed by atoms with E-state index in [1.807, 2.05) is 24.1 Å². The van der Waals surface area contributed by atoms with Crippen molar-refractivity contribution in [3.63, 3.8) is 0 Å². The molecule has 0 saturated carbocycles. The number of hydrogen-bond donors (Lipinski definition) is 2. The summed E-state index contributed by atoms with van der Waals surface area (Å²) in [6.45, 7) is 4.50. The van der Waals surface area contributed by atoms with E-state index >= 15 is 0 Å². The summed E-state index contributed by atoms with van der Waals surface area (Å²) in [5.74, 6) is 0.684. The summed E-state index contributed by atoms with van der Waals surface area (Å²) >= 11 is 0. The van der Waals surface area contributed by atoms with Crippen LogP contribution in [0.15, 0.2) is 12.4 Å². The second kappa shape index (κ2) is 4.00. The van der Waals surface area contributed by atoms with Crippen molar-refractivity contribution in [3.8, 4) is 0 Å². The van der Waals surface area contributed by atoms with E-state index in [0.29, 0.717) is 12.0 Å². The van der Waals surface area contributed by atoms with Crippen LogP contribution < -0.4 is 10.6 Å². The number of aryl methyl sites for hydroxylation is 1. The fraction of sp³-hybridized carbons (Fsp3) is 0.700. The first kappa shape index (κ1) is 9.52. The molecule has 0 aliphatic carbocycles. The van der Waals surface area contributed by atoms with Gasteiger partial charge in [-0.3, -0.25) is 4.68 Å². The van der Waals surface area contributed by atoms with Crippen molar-refractivity contribution < 1.29 is 0 Å². The van der Waals surface area contributed by atoms with Crippen LogP contribution in [0.1, 0.15) is 13.3 Å². The number of rotatable bonds is 2. The maximum Gasteiger partial charge on any atom is 0.0728 e. The summed E-state index contributed by atoms with van der Waals surface area (Å²) in [5.41, 5.74) is 1.13. The maximum absolute atomic E-state index is 4.15. The molecule has 14 heavy (non-hydrogen) atoms. The lowest BCUT2D eigenvalue weighted by Gasteiger charge is -2.30. The van der Waals surface area contributed by atoms with Crippen LogP contribution in [0.2, 0.25) is 0 Å². The number of anilines is 1. The van der Waals surface area contributed by atoms with Gasteiger partial charge in [-0.25, -0.2) is 0 Å². The Morgan fingerprint density at radius 1 is 1.64 bits per heavy atom. The number of nitrogens with one attached hydrogen (secondary N) is 2. The fourth-order valence-corrected chi connectivity index (χ4v) is 1.94. The zero-order valence-corrected chi connectivity index (χ0v) is 8.83. The van der Waals surface area contributed by atoms with Crippen molar-refractivity contribution in [3.05, 3.63) is 12.4 Å². The van der Waals surface area contributed by atoms with E-state index in [9.17, 15) is 0 Å². The van der Waals surface area contributed by atoms with E-state index in [1.165, 1.54) is 6.42 Å². The molecule has 2 heterocycles. The van der Waals surface area contributed by atoms with Crippen LogP contribution in [0.4, 0.5) is 5.69 Å². The van der Waals surface area contributed by atoms with Gasteiger partial charge >= 0.3 is 0 Å². The lowest BCUT2D eigenvalue weighted by Crippen LogP contribution is -2.42. The van der Waals surface area contributed by atoms with Gasteiger partial charge in [-0.05, 0) is 25.4 Å². The van der Waals surface area contributed by atoms with E-state index in [4.69, 9.17) is 0 Å². The molecular weight excluding hydrogens is 176 g/mol. The van der Waals surface area contributed by atoms with Gasteiger partial charge in [0.25, 0.3) is 0 Å². The van der Waals surface area contributed by atoms with Gasteiger partial charge < -0.3 is 10.6 Å². The van der Waals surface area contributed by atoms with Gasteiger partial charge in [0.05, 0.1) is 11.9 Å². The molecule has 1 aromatic heterocycles. The lowest BCUT2D eigenvalue weighted by molar-refractivity contribution is 0.368. The number of aromatic nitrogens is 2. The van der Waals surface area contributed by atoms with Gasteiger partial charge in [0.2, 0.25) is 0 Å². The molecule has 4 heteroatoms. The highest BCUT2D eigenvalue weighted by molar-refractivity contribution is 5.39. The van der Waals surface area contributed by atoms with Gasteiger partial charge in [0, 0.05) is 19.3 Å². The molecule has 0 aromatic carbocycles. The molecular formula is C10H18N4. The minimum Gasteiger partial charge on any atom is -0.379 e. The van der Waals surface area contributed by atoms with Gasteiger partial charge in [-0.15, -0.1) is 0 Å². The molecule has 78 valence electrons. The third-order valence-corrected chi connectivity index (χ3v) is 2.84. The van der Waals surface area contributed by atoms with E-state index in [-0.39, 0.29) is 0 Å². The predicted molar refractivity (Wildman–Crippen MR) is 57.3 cm³/mol. The quantitative estimate of drug-likeness (QED) is 0.732. The number of hydrogen-bond acceptors (Lipinski definition) is 3. The average molecular weight is 194 g/mol. The molecule has 2 rings (SSSR count). The predicted octanol–water partition coefficient (Wildman–Crippen LogP) is 0.830. The minimum absolute atomic E-state index is 0.584. The third-order valence-electron chi connectivity index (χ3n) is 2.84. The van der Waals surface area contributed by atoms with Crippen molar-refractivity contribution in [2.45, 2.75) is 19.4 Å². The second-order valence-electron chi connectivity index (χ2n) is 4.12. The molecule has 1 aliphatic heterocycles. The summed E-state index contributed by atoms with van der Waals surface area (Å²) < 4.78 is 1.83. The molecule has 2 atom stereocenters. The lowest BCUT2D eigenvalue weighted by atomic mass is 9.95. The molecule has 2 unspecified atom stereocenters. The molecule has 0 spiro atoms. The standard InChI is InChI=1S/C10H18N4/c1-8-5-11-4-3-10(8)13-9-6-12-14(2)7-9/h6-8,10-11,13H,3-5H2,1-2H3. The first-order chi connectivity index (χ1) is 6.75. The first-order valence-corrected chi connectivity index (χ1v) is 5.21. The molecule has 0 bridgehead atoms. The Hall–Kier alpha value is -1.03.